The van der Waals surface area contributed by atoms with Gasteiger partial charge in [0.1, 0.15) is 5.82 Å². The highest BCUT2D eigenvalue weighted by Gasteiger charge is 2.06. The van der Waals surface area contributed by atoms with Crippen molar-refractivity contribution in [2.24, 2.45) is 0 Å². The quantitative estimate of drug-likeness (QED) is 0.513. The van der Waals surface area contributed by atoms with Crippen molar-refractivity contribution in [3.8, 4) is 0 Å². The smallest absolute Gasteiger partial charge is 0.131 e. The lowest BCUT2D eigenvalue weighted by Crippen LogP contribution is -1.73. The zero-order valence-electron chi connectivity index (χ0n) is 7.42. The average molecular weight is 202 g/mol. The number of hydrogen-bond donors (Lipinski definition) is 0. The molecule has 2 aromatic carbocycles. The molecule has 0 N–H and O–H groups in total. The Labute approximate surface area is 82.4 Å². The van der Waals surface area contributed by atoms with Gasteiger partial charge in [-0.05, 0) is 16.6 Å². The molecule has 0 spiro atoms. The fraction of sp³-hybridized carbons (Fsp3) is 0. The second-order valence-corrected chi connectivity index (χ2v) is 4.66. The standard InChI is InChI=1S/C12H8FP/c13-9-5-3-7-11-12(9)8-4-1-2-6-10(8)14-11/h1-7,14H. The Morgan fingerprint density at radius 1 is 0.857 bits per heavy atom. The summed E-state index contributed by atoms with van der Waals surface area (Å²) < 4.78 is 13.6. The van der Waals surface area contributed by atoms with E-state index in [4.69, 9.17) is 0 Å². The van der Waals surface area contributed by atoms with Crippen LogP contribution in [0.25, 0.3) is 21.0 Å². The van der Waals surface area contributed by atoms with Gasteiger partial charge in [-0.1, -0.05) is 36.4 Å². The number of fused-ring (bicyclic) bond motifs is 3. The number of rotatable bonds is 0. The fourth-order valence-corrected chi connectivity index (χ4v) is 3.23. The molecule has 1 aromatic heterocycles. The van der Waals surface area contributed by atoms with Crippen molar-refractivity contribution in [1.29, 1.82) is 0 Å². The minimum Gasteiger partial charge on any atom is -0.206 e. The fourth-order valence-electron chi connectivity index (χ4n) is 1.86. The Kier molecular flexibility index (Phi) is 1.62. The number of hydrogen-bond acceptors (Lipinski definition) is 0. The molecule has 0 saturated carbocycles. The minimum absolute atomic E-state index is 0.0973. The van der Waals surface area contributed by atoms with Crippen LogP contribution >= 0.6 is 8.19 Å². The topological polar surface area (TPSA) is 0 Å². The molecule has 0 nitrogen and oxygen atoms in total. The molecule has 1 atom stereocenters. The normalized spacial score (nSPS) is 11.8. The maximum absolute atomic E-state index is 13.6. The Morgan fingerprint density at radius 2 is 1.64 bits per heavy atom. The highest BCUT2D eigenvalue weighted by Crippen LogP contribution is 2.38. The first-order chi connectivity index (χ1) is 6.86. The van der Waals surface area contributed by atoms with Crippen LogP contribution in [0.1, 0.15) is 0 Å². The van der Waals surface area contributed by atoms with E-state index in [9.17, 15) is 4.39 Å². The van der Waals surface area contributed by atoms with Gasteiger partial charge < -0.3 is 0 Å². The molecule has 1 heterocycles. The van der Waals surface area contributed by atoms with E-state index in [1.807, 2.05) is 24.3 Å². The molecule has 0 aliphatic rings. The van der Waals surface area contributed by atoms with Crippen LogP contribution in [0, 0.1) is 5.82 Å². The molecule has 3 rings (SSSR count). The Balaban J connectivity index is 2.65. The molecule has 2 heteroatoms. The molecule has 0 aliphatic heterocycles. The molecule has 0 bridgehead atoms. The van der Waals surface area contributed by atoms with Gasteiger partial charge in [-0.3, -0.25) is 0 Å². The highest BCUT2D eigenvalue weighted by atomic mass is 31.0. The first-order valence-corrected chi connectivity index (χ1v) is 5.51. The van der Waals surface area contributed by atoms with E-state index in [2.05, 4.69) is 6.07 Å². The lowest BCUT2D eigenvalue weighted by Gasteiger charge is -1.92. The van der Waals surface area contributed by atoms with E-state index >= 15 is 0 Å². The van der Waals surface area contributed by atoms with Crippen LogP contribution in [0.5, 0.6) is 0 Å². The predicted octanol–water partition coefficient (Wildman–Crippen LogP) is 4.16. The van der Waals surface area contributed by atoms with E-state index in [0.29, 0.717) is 8.19 Å². The first kappa shape index (κ1) is 8.02. The van der Waals surface area contributed by atoms with Crippen LogP contribution in [-0.2, 0) is 0 Å². The third-order valence-electron chi connectivity index (χ3n) is 2.48. The second-order valence-electron chi connectivity index (χ2n) is 3.33. The highest BCUT2D eigenvalue weighted by molar-refractivity contribution is 7.43. The lowest BCUT2D eigenvalue weighted by atomic mass is 10.1. The van der Waals surface area contributed by atoms with Crippen LogP contribution in [0.3, 0.4) is 0 Å². The minimum atomic E-state index is -0.0973. The van der Waals surface area contributed by atoms with Crippen LogP contribution in [-0.4, -0.2) is 0 Å². The summed E-state index contributed by atoms with van der Waals surface area (Å²) in [6, 6.07) is 13.4. The van der Waals surface area contributed by atoms with Crippen molar-refractivity contribution < 1.29 is 4.39 Å². The molecular formula is C12H8FP. The van der Waals surface area contributed by atoms with E-state index in [1.165, 1.54) is 11.2 Å². The van der Waals surface area contributed by atoms with Gasteiger partial charge in [0, 0.05) is 10.5 Å². The van der Waals surface area contributed by atoms with Gasteiger partial charge in [-0.15, -0.1) is 8.19 Å². The van der Waals surface area contributed by atoms with Crippen molar-refractivity contribution in [1.82, 2.24) is 0 Å². The van der Waals surface area contributed by atoms with E-state index in [0.717, 1.165) is 15.9 Å². The molecule has 0 saturated heterocycles. The van der Waals surface area contributed by atoms with E-state index in [1.54, 1.807) is 6.07 Å². The molecule has 0 aliphatic carbocycles. The van der Waals surface area contributed by atoms with Gasteiger partial charge >= 0.3 is 0 Å². The van der Waals surface area contributed by atoms with E-state index < -0.39 is 0 Å². The molecule has 0 fully saturated rings. The molecule has 68 valence electrons. The zero-order chi connectivity index (χ0) is 9.54. The summed E-state index contributed by atoms with van der Waals surface area (Å²) in [5.74, 6) is -0.0973. The Morgan fingerprint density at radius 3 is 2.57 bits per heavy atom. The lowest BCUT2D eigenvalue weighted by molar-refractivity contribution is 0.641. The van der Waals surface area contributed by atoms with Gasteiger partial charge in [-0.25, -0.2) is 4.39 Å². The van der Waals surface area contributed by atoms with Crippen molar-refractivity contribution in [3.05, 3.63) is 48.3 Å². The summed E-state index contributed by atoms with van der Waals surface area (Å²) in [6.45, 7) is 0. The van der Waals surface area contributed by atoms with Crippen LogP contribution in [0.2, 0.25) is 0 Å². The summed E-state index contributed by atoms with van der Waals surface area (Å²) in [7, 11) is 0.607. The summed E-state index contributed by atoms with van der Waals surface area (Å²) in [4.78, 5) is 0. The molecular weight excluding hydrogens is 194 g/mol. The third kappa shape index (κ3) is 0.995. The van der Waals surface area contributed by atoms with Gasteiger partial charge in [0.15, 0.2) is 0 Å². The summed E-state index contributed by atoms with van der Waals surface area (Å²) in [6.07, 6.45) is 0. The maximum Gasteiger partial charge on any atom is 0.131 e. The average Bonchev–Trinajstić information content (AvgIpc) is 2.57. The molecule has 3 aromatic rings. The van der Waals surface area contributed by atoms with Gasteiger partial charge in [0.2, 0.25) is 0 Å². The van der Waals surface area contributed by atoms with Gasteiger partial charge in [0.05, 0.1) is 0 Å². The largest absolute Gasteiger partial charge is 0.206 e. The zero-order valence-corrected chi connectivity index (χ0v) is 8.42. The Bertz CT molecular complexity index is 610. The molecule has 14 heavy (non-hydrogen) atoms. The monoisotopic (exact) mass is 202 g/mol. The van der Waals surface area contributed by atoms with Gasteiger partial charge in [0.25, 0.3) is 0 Å². The van der Waals surface area contributed by atoms with Crippen molar-refractivity contribution in [3.63, 3.8) is 0 Å². The maximum atomic E-state index is 13.6. The van der Waals surface area contributed by atoms with Gasteiger partial charge in [-0.2, -0.15) is 0 Å². The summed E-state index contributed by atoms with van der Waals surface area (Å²) in [5, 5.41) is 4.26. The van der Waals surface area contributed by atoms with Crippen LogP contribution in [0.4, 0.5) is 4.39 Å². The summed E-state index contributed by atoms with van der Waals surface area (Å²) >= 11 is 0. The molecule has 1 unspecified atom stereocenters. The predicted molar refractivity (Wildman–Crippen MR) is 60.9 cm³/mol. The SMILES string of the molecule is Fc1cccc2[pH]c3ccccc3c12. The Hall–Kier alpha value is -1.33. The van der Waals surface area contributed by atoms with Crippen LogP contribution in [0.15, 0.2) is 42.5 Å². The van der Waals surface area contributed by atoms with Crippen molar-refractivity contribution in [2.45, 2.75) is 0 Å². The number of halogens is 1. The summed E-state index contributed by atoms with van der Waals surface area (Å²) in [5.41, 5.74) is 0. The second kappa shape index (κ2) is 2.83. The molecule has 0 amide bonds. The third-order valence-corrected chi connectivity index (χ3v) is 3.87. The first-order valence-electron chi connectivity index (χ1n) is 4.51. The van der Waals surface area contributed by atoms with E-state index in [-0.39, 0.29) is 5.82 Å². The van der Waals surface area contributed by atoms with Crippen molar-refractivity contribution >= 4 is 29.2 Å². The van der Waals surface area contributed by atoms with Crippen molar-refractivity contribution in [2.75, 3.05) is 0 Å². The molecule has 0 radical (unpaired) electrons. The van der Waals surface area contributed by atoms with Crippen LogP contribution < -0.4 is 0 Å². The number of benzene rings is 2.